The van der Waals surface area contributed by atoms with E-state index in [0.29, 0.717) is 37.9 Å². The third-order valence-electron chi connectivity index (χ3n) is 5.16. The minimum absolute atomic E-state index is 0.340. The van der Waals surface area contributed by atoms with Gasteiger partial charge in [-0.2, -0.15) is 0 Å². The number of ether oxygens (including phenoxy) is 2. The Morgan fingerprint density at radius 2 is 1.57 bits per heavy atom. The number of halogens is 2. The van der Waals surface area contributed by atoms with Crippen LogP contribution in [0.15, 0.2) is 24.8 Å². The van der Waals surface area contributed by atoms with E-state index in [4.69, 9.17) is 9.47 Å². The number of hydrogen-bond donors (Lipinski definition) is 0. The van der Waals surface area contributed by atoms with E-state index in [1.54, 1.807) is 0 Å². The molecular formula is C19H30F2O2. The van der Waals surface area contributed by atoms with Crippen molar-refractivity contribution in [1.29, 1.82) is 0 Å². The third kappa shape index (κ3) is 5.39. The van der Waals surface area contributed by atoms with Gasteiger partial charge < -0.3 is 9.47 Å². The Bertz CT molecular complexity index is 378. The van der Waals surface area contributed by atoms with E-state index in [1.165, 1.54) is 0 Å². The smallest absolute Gasteiger partial charge is 0.160 e. The Balaban J connectivity index is 1.71. The molecule has 4 unspecified atom stereocenters. The summed E-state index contributed by atoms with van der Waals surface area (Å²) in [6, 6.07) is 0. The zero-order valence-electron chi connectivity index (χ0n) is 14.1. The highest BCUT2D eigenvalue weighted by atomic mass is 19.2. The molecule has 2 fully saturated rings. The minimum Gasteiger partial charge on any atom is -0.375 e. The van der Waals surface area contributed by atoms with Crippen LogP contribution in [0.3, 0.4) is 0 Å². The predicted molar refractivity (Wildman–Crippen MR) is 89.0 cm³/mol. The number of rotatable bonds is 7. The highest BCUT2D eigenvalue weighted by molar-refractivity contribution is 4.91. The van der Waals surface area contributed by atoms with E-state index in [9.17, 15) is 8.78 Å². The summed E-state index contributed by atoms with van der Waals surface area (Å²) in [5.41, 5.74) is 0. The molecule has 2 aliphatic rings. The monoisotopic (exact) mass is 328 g/mol. The van der Waals surface area contributed by atoms with Crippen molar-refractivity contribution in [2.45, 2.75) is 70.0 Å². The Morgan fingerprint density at radius 3 is 2.13 bits per heavy atom. The van der Waals surface area contributed by atoms with Gasteiger partial charge in [-0.3, -0.25) is 0 Å². The van der Waals surface area contributed by atoms with Gasteiger partial charge in [-0.15, -0.1) is 6.58 Å². The van der Waals surface area contributed by atoms with Crippen LogP contribution < -0.4 is 0 Å². The van der Waals surface area contributed by atoms with Gasteiger partial charge in [-0.05, 0) is 57.3 Å². The second-order valence-corrected chi connectivity index (χ2v) is 6.80. The van der Waals surface area contributed by atoms with Gasteiger partial charge in [0.05, 0.1) is 18.8 Å². The molecule has 132 valence electrons. The molecular weight excluding hydrogens is 298 g/mol. The van der Waals surface area contributed by atoms with E-state index in [1.807, 2.05) is 25.2 Å². The van der Waals surface area contributed by atoms with Gasteiger partial charge in [-0.25, -0.2) is 8.78 Å². The second-order valence-electron chi connectivity index (χ2n) is 6.80. The Labute approximate surface area is 138 Å². The van der Waals surface area contributed by atoms with Gasteiger partial charge >= 0.3 is 0 Å². The van der Waals surface area contributed by atoms with Crippen LogP contribution in [0.2, 0.25) is 0 Å². The normalized spacial score (nSPS) is 38.7. The molecule has 2 nitrogen and oxygen atoms in total. The fourth-order valence-electron chi connectivity index (χ4n) is 3.53. The molecule has 0 aromatic rings. The summed E-state index contributed by atoms with van der Waals surface area (Å²) < 4.78 is 39.6. The van der Waals surface area contributed by atoms with Crippen LogP contribution in [0.1, 0.15) is 45.4 Å². The SMILES string of the molecule is C=CC1CCC(COC2CCC(OC/C=C/C)C(F)C2F)CC1. The first-order chi connectivity index (χ1) is 11.2. The topological polar surface area (TPSA) is 18.5 Å². The summed E-state index contributed by atoms with van der Waals surface area (Å²) in [5.74, 6) is 1.08. The van der Waals surface area contributed by atoms with Crippen LogP contribution in [0.25, 0.3) is 0 Å². The largest absolute Gasteiger partial charge is 0.375 e. The predicted octanol–water partition coefficient (Wildman–Crippen LogP) is 4.80. The van der Waals surface area contributed by atoms with Crippen molar-refractivity contribution in [2.24, 2.45) is 11.8 Å². The van der Waals surface area contributed by atoms with Crippen molar-refractivity contribution in [2.75, 3.05) is 13.2 Å². The van der Waals surface area contributed by atoms with Crippen molar-refractivity contribution < 1.29 is 18.3 Å². The molecule has 2 saturated carbocycles. The lowest BCUT2D eigenvalue weighted by Crippen LogP contribution is -2.47. The van der Waals surface area contributed by atoms with Crippen molar-refractivity contribution in [3.63, 3.8) is 0 Å². The van der Waals surface area contributed by atoms with E-state index in [2.05, 4.69) is 6.58 Å². The molecule has 0 radical (unpaired) electrons. The van der Waals surface area contributed by atoms with Crippen molar-refractivity contribution in [1.82, 2.24) is 0 Å². The molecule has 2 aliphatic carbocycles. The fraction of sp³-hybridized carbons (Fsp3) is 0.789. The van der Waals surface area contributed by atoms with Crippen LogP contribution in [0, 0.1) is 11.8 Å². The van der Waals surface area contributed by atoms with Crippen LogP contribution in [0.5, 0.6) is 0 Å². The Morgan fingerprint density at radius 1 is 0.957 bits per heavy atom. The molecule has 2 rings (SSSR count). The summed E-state index contributed by atoms with van der Waals surface area (Å²) >= 11 is 0. The van der Waals surface area contributed by atoms with Crippen LogP contribution in [0.4, 0.5) is 8.78 Å². The molecule has 4 heteroatoms. The molecule has 0 bridgehead atoms. The minimum atomic E-state index is -1.59. The first-order valence-electron chi connectivity index (χ1n) is 8.90. The quantitative estimate of drug-likeness (QED) is 0.625. The van der Waals surface area contributed by atoms with E-state index >= 15 is 0 Å². The van der Waals surface area contributed by atoms with Gasteiger partial charge in [0.1, 0.15) is 0 Å². The van der Waals surface area contributed by atoms with E-state index in [0.717, 1.165) is 25.7 Å². The summed E-state index contributed by atoms with van der Waals surface area (Å²) in [6.07, 6.45) is 6.74. The van der Waals surface area contributed by atoms with Gasteiger partial charge in [0.2, 0.25) is 0 Å². The summed E-state index contributed by atoms with van der Waals surface area (Å²) in [5, 5.41) is 0. The Hall–Kier alpha value is -0.740. The maximum Gasteiger partial charge on any atom is 0.160 e. The van der Waals surface area contributed by atoms with Crippen LogP contribution >= 0.6 is 0 Å². The molecule has 0 aliphatic heterocycles. The number of allylic oxidation sites excluding steroid dienone is 2. The summed E-state index contributed by atoms with van der Waals surface area (Å²) in [7, 11) is 0. The zero-order valence-corrected chi connectivity index (χ0v) is 14.1. The fourth-order valence-corrected chi connectivity index (χ4v) is 3.53. The standard InChI is InChI=1S/C19H30F2O2/c1-3-5-12-22-16-10-11-17(19(21)18(16)20)23-13-15-8-6-14(4-2)7-9-15/h3-5,14-19H,2,6-13H2,1H3/b5-3+. The molecule has 0 spiro atoms. The molecule has 4 atom stereocenters. The molecule has 23 heavy (non-hydrogen) atoms. The first kappa shape index (κ1) is 18.6. The lowest BCUT2D eigenvalue weighted by molar-refractivity contribution is -0.119. The second kappa shape index (κ2) is 9.53. The van der Waals surface area contributed by atoms with E-state index in [-0.39, 0.29) is 0 Å². The molecule has 0 saturated heterocycles. The van der Waals surface area contributed by atoms with Gasteiger partial charge in [-0.1, -0.05) is 18.2 Å². The number of hydrogen-bond acceptors (Lipinski definition) is 2. The molecule has 0 N–H and O–H groups in total. The van der Waals surface area contributed by atoms with Crippen molar-refractivity contribution in [3.8, 4) is 0 Å². The zero-order chi connectivity index (χ0) is 16.7. The Kier molecular flexibility index (Phi) is 7.71. The lowest BCUT2D eigenvalue weighted by atomic mass is 9.82. The van der Waals surface area contributed by atoms with Crippen LogP contribution in [-0.4, -0.2) is 37.8 Å². The van der Waals surface area contributed by atoms with Crippen molar-refractivity contribution >= 4 is 0 Å². The highest BCUT2D eigenvalue weighted by Crippen LogP contribution is 2.32. The van der Waals surface area contributed by atoms with Gasteiger partial charge in [0, 0.05) is 6.61 Å². The third-order valence-corrected chi connectivity index (χ3v) is 5.16. The number of alkyl halides is 2. The maximum atomic E-state index is 14.3. The summed E-state index contributed by atoms with van der Waals surface area (Å²) in [6.45, 7) is 6.61. The average molecular weight is 328 g/mol. The average Bonchev–Trinajstić information content (AvgIpc) is 2.58. The molecule has 0 aromatic heterocycles. The molecule has 0 heterocycles. The van der Waals surface area contributed by atoms with Gasteiger partial charge in [0.25, 0.3) is 0 Å². The highest BCUT2D eigenvalue weighted by Gasteiger charge is 2.41. The maximum absolute atomic E-state index is 14.3. The first-order valence-corrected chi connectivity index (χ1v) is 8.90. The van der Waals surface area contributed by atoms with Crippen LogP contribution in [-0.2, 0) is 9.47 Å². The van der Waals surface area contributed by atoms with E-state index < -0.39 is 24.6 Å². The molecule has 0 amide bonds. The lowest BCUT2D eigenvalue weighted by Gasteiger charge is -2.35. The van der Waals surface area contributed by atoms with Crippen molar-refractivity contribution in [3.05, 3.63) is 24.8 Å². The van der Waals surface area contributed by atoms with Gasteiger partial charge in [0.15, 0.2) is 12.3 Å². The molecule has 0 aromatic carbocycles. The summed E-state index contributed by atoms with van der Waals surface area (Å²) in [4.78, 5) is 0.